The maximum atomic E-state index is 13.4. The van der Waals surface area contributed by atoms with Crippen molar-refractivity contribution in [2.24, 2.45) is 5.10 Å². The minimum Gasteiger partial charge on any atom is -0.480 e. The molecule has 1 heterocycles. The lowest BCUT2D eigenvalue weighted by atomic mass is 9.76. The van der Waals surface area contributed by atoms with Gasteiger partial charge in [0.1, 0.15) is 11.6 Å². The summed E-state index contributed by atoms with van der Waals surface area (Å²) >= 11 is 0. The standard InChI is InChI=1S/C36H44N4O4/c1-8-29(44-30-20-19-25(35(4,5)9-2)22-28(30)36(6,7)10-3)34(43)37-26-16-14-15-24(21-26)33(42)38-31-23-32(41)40(39-31)27-17-12-11-13-18-27/h11-22,29H,8-10,23H2,1-7H3,(H,37,43)(H,38,39,42)/t29-/m1/s1. The maximum Gasteiger partial charge on any atom is 0.265 e. The van der Waals surface area contributed by atoms with Gasteiger partial charge in [0.05, 0.1) is 12.1 Å². The molecule has 8 heteroatoms. The van der Waals surface area contributed by atoms with Crippen LogP contribution in [0.5, 0.6) is 5.75 Å². The fourth-order valence-electron chi connectivity index (χ4n) is 4.89. The highest BCUT2D eigenvalue weighted by atomic mass is 16.5. The van der Waals surface area contributed by atoms with Gasteiger partial charge < -0.3 is 15.4 Å². The second kappa shape index (κ2) is 13.5. The first-order valence-corrected chi connectivity index (χ1v) is 15.4. The topological polar surface area (TPSA) is 100 Å². The monoisotopic (exact) mass is 596 g/mol. The first-order valence-electron chi connectivity index (χ1n) is 15.4. The number of carbonyl (C=O) groups excluding carboxylic acids is 3. The molecule has 8 nitrogen and oxygen atoms in total. The minimum absolute atomic E-state index is 0.0136. The van der Waals surface area contributed by atoms with Crippen molar-refractivity contribution in [2.75, 3.05) is 10.3 Å². The first kappa shape index (κ1) is 32.5. The molecule has 1 aliphatic rings. The Bertz CT molecular complexity index is 1540. The van der Waals surface area contributed by atoms with Crippen LogP contribution in [0.3, 0.4) is 0 Å². The highest BCUT2D eigenvalue weighted by molar-refractivity contribution is 6.18. The van der Waals surface area contributed by atoms with Crippen LogP contribution in [0.15, 0.2) is 77.9 Å². The van der Waals surface area contributed by atoms with Crippen molar-refractivity contribution >= 4 is 34.9 Å². The molecule has 0 fully saturated rings. The second-order valence-corrected chi connectivity index (χ2v) is 12.5. The summed E-state index contributed by atoms with van der Waals surface area (Å²) in [5.41, 5.74) is 3.64. The third-order valence-electron chi connectivity index (χ3n) is 8.62. The molecule has 0 radical (unpaired) electrons. The normalized spacial score (nSPS) is 14.2. The van der Waals surface area contributed by atoms with Crippen molar-refractivity contribution < 1.29 is 19.1 Å². The third kappa shape index (κ3) is 7.36. The predicted molar refractivity (Wildman–Crippen MR) is 176 cm³/mol. The molecule has 0 aliphatic carbocycles. The summed E-state index contributed by atoms with van der Waals surface area (Å²) in [6, 6.07) is 22.0. The number of nitrogens with zero attached hydrogens (tertiary/aromatic N) is 2. The van der Waals surface area contributed by atoms with E-state index in [4.69, 9.17) is 4.74 Å². The highest BCUT2D eigenvalue weighted by Crippen LogP contribution is 2.39. The molecular formula is C36H44N4O4. The lowest BCUT2D eigenvalue weighted by Gasteiger charge is -2.31. The summed E-state index contributed by atoms with van der Waals surface area (Å²) in [4.78, 5) is 38.9. The van der Waals surface area contributed by atoms with Crippen molar-refractivity contribution in [3.8, 4) is 5.75 Å². The van der Waals surface area contributed by atoms with Gasteiger partial charge in [0.2, 0.25) is 0 Å². The number of anilines is 2. The van der Waals surface area contributed by atoms with Gasteiger partial charge >= 0.3 is 0 Å². The number of hydrogen-bond acceptors (Lipinski definition) is 5. The summed E-state index contributed by atoms with van der Waals surface area (Å²) in [5.74, 6) is 0.0169. The molecule has 0 spiro atoms. The lowest BCUT2D eigenvalue weighted by Crippen LogP contribution is -2.33. The van der Waals surface area contributed by atoms with E-state index < -0.39 is 12.0 Å². The van der Waals surface area contributed by atoms with E-state index in [-0.39, 0.29) is 34.9 Å². The third-order valence-corrected chi connectivity index (χ3v) is 8.62. The summed E-state index contributed by atoms with van der Waals surface area (Å²) in [6.07, 6.45) is 1.65. The Morgan fingerprint density at radius 1 is 0.886 bits per heavy atom. The molecule has 0 unspecified atom stereocenters. The molecule has 3 aromatic carbocycles. The van der Waals surface area contributed by atoms with E-state index in [1.54, 1.807) is 36.4 Å². The number of ether oxygens (including phenoxy) is 1. The van der Waals surface area contributed by atoms with Crippen molar-refractivity contribution in [3.63, 3.8) is 0 Å². The quantitative estimate of drug-likeness (QED) is 0.242. The van der Waals surface area contributed by atoms with Crippen LogP contribution < -0.4 is 20.4 Å². The molecule has 0 aromatic heterocycles. The zero-order chi connectivity index (χ0) is 32.1. The molecule has 232 valence electrons. The molecule has 0 bridgehead atoms. The molecule has 44 heavy (non-hydrogen) atoms. The van der Waals surface area contributed by atoms with Crippen LogP contribution in [0.4, 0.5) is 11.4 Å². The van der Waals surface area contributed by atoms with Gasteiger partial charge in [-0.25, -0.2) is 0 Å². The van der Waals surface area contributed by atoms with Crippen molar-refractivity contribution in [3.05, 3.63) is 89.5 Å². The predicted octanol–water partition coefficient (Wildman–Crippen LogP) is 7.34. The first-order chi connectivity index (χ1) is 20.9. The molecule has 0 saturated heterocycles. The largest absolute Gasteiger partial charge is 0.480 e. The van der Waals surface area contributed by atoms with Crippen molar-refractivity contribution in [2.45, 2.75) is 91.1 Å². The van der Waals surface area contributed by atoms with E-state index in [1.807, 2.05) is 31.2 Å². The van der Waals surface area contributed by atoms with E-state index in [1.165, 1.54) is 10.6 Å². The van der Waals surface area contributed by atoms with Gasteiger partial charge in [0, 0.05) is 16.8 Å². The highest BCUT2D eigenvalue weighted by Gasteiger charge is 2.29. The Labute approximate surface area is 260 Å². The molecule has 3 amide bonds. The van der Waals surface area contributed by atoms with Gasteiger partial charge in [-0.05, 0) is 72.1 Å². The van der Waals surface area contributed by atoms with E-state index in [0.717, 1.165) is 18.4 Å². The lowest BCUT2D eigenvalue weighted by molar-refractivity contribution is -0.123. The average Bonchev–Trinajstić information content (AvgIpc) is 3.39. The summed E-state index contributed by atoms with van der Waals surface area (Å²) in [7, 11) is 0. The van der Waals surface area contributed by atoms with Crippen molar-refractivity contribution in [1.82, 2.24) is 5.32 Å². The number of amidine groups is 1. The Morgan fingerprint density at radius 2 is 1.59 bits per heavy atom. The van der Waals surface area contributed by atoms with E-state index >= 15 is 0 Å². The fraction of sp³-hybridized carbons (Fsp3) is 0.389. The van der Waals surface area contributed by atoms with E-state index in [0.29, 0.717) is 29.1 Å². The van der Waals surface area contributed by atoms with Gasteiger partial charge in [-0.3, -0.25) is 14.4 Å². The number of para-hydroxylation sites is 1. The Balaban J connectivity index is 1.47. The Morgan fingerprint density at radius 3 is 2.25 bits per heavy atom. The van der Waals surface area contributed by atoms with E-state index in [9.17, 15) is 14.4 Å². The number of carbonyl (C=O) groups is 3. The number of nitrogens with one attached hydrogen (secondary N) is 2. The molecule has 1 atom stereocenters. The number of benzene rings is 3. The number of amides is 3. The average molecular weight is 597 g/mol. The Kier molecular flexibility index (Phi) is 9.92. The second-order valence-electron chi connectivity index (χ2n) is 12.5. The molecule has 1 aliphatic heterocycles. The SMILES string of the molecule is CC[C@@H](Oc1ccc(C(C)(C)CC)cc1C(C)(C)CC)C(=O)Nc1cccc(C(=O)NC2=NN(c3ccccc3)C(=O)C2)c1. The molecule has 2 N–H and O–H groups in total. The smallest absolute Gasteiger partial charge is 0.265 e. The molecule has 4 rings (SSSR count). The number of hydrogen-bond donors (Lipinski definition) is 2. The fourth-order valence-corrected chi connectivity index (χ4v) is 4.89. The van der Waals surface area contributed by atoms with Crippen LogP contribution in [0.2, 0.25) is 0 Å². The van der Waals surface area contributed by atoms with Gasteiger partial charge in [0.25, 0.3) is 17.7 Å². The zero-order valence-electron chi connectivity index (χ0n) is 26.9. The summed E-state index contributed by atoms with van der Waals surface area (Å²) < 4.78 is 6.40. The van der Waals surface area contributed by atoms with Crippen LogP contribution in [-0.4, -0.2) is 29.7 Å². The molecular weight excluding hydrogens is 552 g/mol. The zero-order valence-corrected chi connectivity index (χ0v) is 26.9. The number of hydrazone groups is 1. The van der Waals surface area contributed by atoms with Crippen LogP contribution in [0.1, 0.15) is 95.6 Å². The van der Waals surface area contributed by atoms with Gasteiger partial charge in [-0.15, -0.1) is 0 Å². The molecule has 3 aromatic rings. The summed E-state index contributed by atoms with van der Waals surface area (Å²) in [5, 5.41) is 11.2. The van der Waals surface area contributed by atoms with Gasteiger partial charge in [-0.1, -0.05) is 84.9 Å². The van der Waals surface area contributed by atoms with Crippen LogP contribution in [-0.2, 0) is 20.4 Å². The molecule has 0 saturated carbocycles. The van der Waals surface area contributed by atoms with Crippen LogP contribution in [0, 0.1) is 0 Å². The van der Waals surface area contributed by atoms with E-state index in [2.05, 4.69) is 69.4 Å². The number of rotatable bonds is 11. The van der Waals surface area contributed by atoms with Crippen molar-refractivity contribution in [1.29, 1.82) is 0 Å². The van der Waals surface area contributed by atoms with Gasteiger partial charge in [0.15, 0.2) is 6.10 Å². The van der Waals surface area contributed by atoms with Crippen LogP contribution in [0.25, 0.3) is 0 Å². The summed E-state index contributed by atoms with van der Waals surface area (Å²) in [6.45, 7) is 15.1. The minimum atomic E-state index is -0.730. The Hall–Kier alpha value is -4.46. The maximum absolute atomic E-state index is 13.4. The van der Waals surface area contributed by atoms with Crippen LogP contribution >= 0.6 is 0 Å². The van der Waals surface area contributed by atoms with Gasteiger partial charge in [-0.2, -0.15) is 10.1 Å².